The van der Waals surface area contributed by atoms with E-state index in [1.807, 2.05) is 0 Å². The Balaban J connectivity index is 1.57. The van der Waals surface area contributed by atoms with Crippen LogP contribution in [0.4, 0.5) is 0 Å². The molecule has 10 atom stereocenters. The van der Waals surface area contributed by atoms with Gasteiger partial charge in [-0.15, -0.1) is 0 Å². The van der Waals surface area contributed by atoms with E-state index in [-0.39, 0.29) is 0 Å². The fourth-order valence-electron chi connectivity index (χ4n) is 10.1. The molecule has 1 nitrogen and oxygen atoms in total. The van der Waals surface area contributed by atoms with Crippen LogP contribution < -0.4 is 0 Å². The van der Waals surface area contributed by atoms with Gasteiger partial charge in [-0.3, -0.25) is 0 Å². The summed E-state index contributed by atoms with van der Waals surface area (Å²) in [5.74, 6) is 5.72. The zero-order valence-electron chi connectivity index (χ0n) is 21.8. The second-order valence-electron chi connectivity index (χ2n) is 13.9. The van der Waals surface area contributed by atoms with Crippen LogP contribution in [0.1, 0.15) is 113 Å². The van der Waals surface area contributed by atoms with Gasteiger partial charge < -0.3 is 5.11 Å². The highest BCUT2D eigenvalue weighted by Crippen LogP contribution is 2.71. The average molecular weight is 429 g/mol. The van der Waals surface area contributed by atoms with Crippen LogP contribution in [0.2, 0.25) is 0 Å². The van der Waals surface area contributed by atoms with E-state index < -0.39 is 5.60 Å². The topological polar surface area (TPSA) is 20.2 Å². The van der Waals surface area contributed by atoms with Crippen LogP contribution in [-0.4, -0.2) is 10.7 Å². The molecule has 1 heteroatoms. The van der Waals surface area contributed by atoms with E-state index in [9.17, 15) is 5.11 Å². The smallest absolute Gasteiger partial charge is 0.0656 e. The fourth-order valence-corrected chi connectivity index (χ4v) is 10.1. The van der Waals surface area contributed by atoms with Crippen molar-refractivity contribution < 1.29 is 5.11 Å². The third-order valence-corrected chi connectivity index (χ3v) is 11.6. The van der Waals surface area contributed by atoms with Crippen LogP contribution in [0.3, 0.4) is 0 Å². The molecular weight excluding hydrogens is 376 g/mol. The molecule has 0 amide bonds. The summed E-state index contributed by atoms with van der Waals surface area (Å²) in [5, 5.41) is 12.0. The molecule has 178 valence electrons. The normalized spacial score (nSPS) is 50.1. The summed E-state index contributed by atoms with van der Waals surface area (Å²) in [6, 6.07) is 0. The Bertz CT molecular complexity index is 676. The van der Waals surface area contributed by atoms with Gasteiger partial charge in [-0.2, -0.15) is 0 Å². The summed E-state index contributed by atoms with van der Waals surface area (Å²) in [6.45, 7) is 21.3. The van der Waals surface area contributed by atoms with Crippen LogP contribution in [0, 0.1) is 58.2 Å². The molecule has 0 radical (unpaired) electrons. The van der Waals surface area contributed by atoms with Gasteiger partial charge in [0.2, 0.25) is 0 Å². The first-order valence-electron chi connectivity index (χ1n) is 13.8. The number of hydrogen-bond donors (Lipinski definition) is 1. The lowest BCUT2D eigenvalue weighted by molar-refractivity contribution is -0.193. The molecule has 4 rings (SSSR count). The predicted molar refractivity (Wildman–Crippen MR) is 133 cm³/mol. The van der Waals surface area contributed by atoms with Crippen LogP contribution in [-0.2, 0) is 0 Å². The van der Waals surface area contributed by atoms with Crippen LogP contribution in [0.25, 0.3) is 0 Å². The van der Waals surface area contributed by atoms with Crippen molar-refractivity contribution in [2.24, 2.45) is 58.2 Å². The van der Waals surface area contributed by atoms with E-state index in [0.29, 0.717) is 34.5 Å². The van der Waals surface area contributed by atoms with Crippen LogP contribution >= 0.6 is 0 Å². The predicted octanol–water partition coefficient (Wildman–Crippen LogP) is 8.27. The van der Waals surface area contributed by atoms with Gasteiger partial charge in [0.25, 0.3) is 0 Å². The highest BCUT2D eigenvalue weighted by atomic mass is 16.3. The van der Waals surface area contributed by atoms with Gasteiger partial charge in [0.1, 0.15) is 0 Å². The van der Waals surface area contributed by atoms with Crippen LogP contribution in [0.5, 0.6) is 0 Å². The Morgan fingerprint density at radius 1 is 0.903 bits per heavy atom. The van der Waals surface area contributed by atoms with Gasteiger partial charge >= 0.3 is 0 Å². The Hall–Kier alpha value is -0.300. The standard InChI is InChI=1S/C30H52O/c1-19(2)10-9-11-21(5)23-12-13-24-27-25(15-17-28(23,24)6)29(7)16-14-22(20(3)4)26(29)18-30(27,8)31/h19,21-27,31H,3,9-18H2,1-2,4-8H3/t21-,22-,23-,24+,25+,26+,27+,28-,29-,30-/m1/s1. The molecule has 0 saturated heterocycles. The zero-order valence-corrected chi connectivity index (χ0v) is 21.8. The number of hydrogen-bond acceptors (Lipinski definition) is 1. The lowest BCUT2D eigenvalue weighted by atomic mass is 9.43. The van der Waals surface area contributed by atoms with Crippen molar-refractivity contribution in [2.45, 2.75) is 118 Å². The molecule has 0 aromatic heterocycles. The van der Waals surface area contributed by atoms with Crippen molar-refractivity contribution in [1.29, 1.82) is 0 Å². The maximum Gasteiger partial charge on any atom is 0.0656 e. The summed E-state index contributed by atoms with van der Waals surface area (Å²) in [4.78, 5) is 0. The van der Waals surface area contributed by atoms with E-state index in [1.165, 1.54) is 63.4 Å². The molecule has 4 fully saturated rings. The molecule has 0 unspecified atom stereocenters. The molecule has 0 aromatic carbocycles. The second kappa shape index (κ2) is 8.18. The van der Waals surface area contributed by atoms with Crippen LogP contribution in [0.15, 0.2) is 12.2 Å². The Kier molecular flexibility index (Phi) is 6.29. The molecule has 4 aliphatic rings. The molecule has 0 aromatic rings. The number of fused-ring (bicyclic) bond motifs is 5. The zero-order chi connectivity index (χ0) is 22.8. The van der Waals surface area contributed by atoms with Gasteiger partial charge in [-0.25, -0.2) is 0 Å². The molecule has 0 heterocycles. The van der Waals surface area contributed by atoms with E-state index in [0.717, 1.165) is 30.1 Å². The molecule has 0 spiro atoms. The molecule has 1 N–H and O–H groups in total. The fraction of sp³-hybridized carbons (Fsp3) is 0.933. The lowest BCUT2D eigenvalue weighted by Gasteiger charge is -2.63. The summed E-state index contributed by atoms with van der Waals surface area (Å²) in [6.07, 6.45) is 13.3. The van der Waals surface area contributed by atoms with E-state index in [4.69, 9.17) is 0 Å². The highest BCUT2D eigenvalue weighted by molar-refractivity contribution is 5.19. The number of rotatable bonds is 6. The first-order chi connectivity index (χ1) is 14.4. The van der Waals surface area contributed by atoms with Crippen molar-refractivity contribution in [3.63, 3.8) is 0 Å². The maximum atomic E-state index is 12.0. The summed E-state index contributed by atoms with van der Waals surface area (Å²) >= 11 is 0. The van der Waals surface area contributed by atoms with Crippen molar-refractivity contribution in [2.75, 3.05) is 0 Å². The Morgan fingerprint density at radius 3 is 2.19 bits per heavy atom. The number of aliphatic hydroxyl groups is 1. The second-order valence-corrected chi connectivity index (χ2v) is 13.9. The van der Waals surface area contributed by atoms with Gasteiger partial charge in [0.15, 0.2) is 0 Å². The van der Waals surface area contributed by atoms with Crippen molar-refractivity contribution >= 4 is 0 Å². The average Bonchev–Trinajstić information content (AvgIpc) is 3.18. The van der Waals surface area contributed by atoms with Crippen molar-refractivity contribution in [3.05, 3.63) is 12.2 Å². The van der Waals surface area contributed by atoms with Crippen molar-refractivity contribution in [3.8, 4) is 0 Å². The highest BCUT2D eigenvalue weighted by Gasteiger charge is 2.67. The molecule has 31 heavy (non-hydrogen) atoms. The first-order valence-corrected chi connectivity index (χ1v) is 13.8. The van der Waals surface area contributed by atoms with Gasteiger partial charge in [-0.05, 0) is 117 Å². The SMILES string of the molecule is C=C(C)[C@H]1CC[C@]2(C)[C@H]3CC[C@]4(C)[C@@H]([C@H](C)CCCC(C)C)CC[C@H]4[C@@H]3[C@](C)(O)C[C@@H]12. The first kappa shape index (κ1) is 23.8. The molecule has 4 saturated carbocycles. The lowest BCUT2D eigenvalue weighted by Crippen LogP contribution is -2.61. The summed E-state index contributed by atoms with van der Waals surface area (Å²) < 4.78 is 0. The minimum absolute atomic E-state index is 0.415. The minimum Gasteiger partial charge on any atom is -0.390 e. The molecule has 0 aliphatic heterocycles. The van der Waals surface area contributed by atoms with Gasteiger partial charge in [-0.1, -0.05) is 66.0 Å². The van der Waals surface area contributed by atoms with E-state index in [2.05, 4.69) is 55.0 Å². The van der Waals surface area contributed by atoms with E-state index >= 15 is 0 Å². The third kappa shape index (κ3) is 3.77. The Labute approximate surface area is 193 Å². The largest absolute Gasteiger partial charge is 0.390 e. The molecule has 0 bridgehead atoms. The maximum absolute atomic E-state index is 12.0. The van der Waals surface area contributed by atoms with Gasteiger partial charge in [0.05, 0.1) is 5.60 Å². The molecular formula is C30H52O. The quantitative estimate of drug-likeness (QED) is 0.422. The van der Waals surface area contributed by atoms with Gasteiger partial charge in [0, 0.05) is 0 Å². The minimum atomic E-state index is -0.505. The van der Waals surface area contributed by atoms with Crippen molar-refractivity contribution in [1.82, 2.24) is 0 Å². The van der Waals surface area contributed by atoms with E-state index in [1.54, 1.807) is 0 Å². The Morgan fingerprint density at radius 2 is 1.55 bits per heavy atom. The monoisotopic (exact) mass is 428 g/mol. The molecule has 4 aliphatic carbocycles. The summed E-state index contributed by atoms with van der Waals surface area (Å²) in [7, 11) is 0. The number of allylic oxidation sites excluding steroid dienone is 1. The summed E-state index contributed by atoms with van der Waals surface area (Å²) in [5.41, 5.74) is 1.71. The third-order valence-electron chi connectivity index (χ3n) is 11.6.